The highest BCUT2D eigenvalue weighted by atomic mass is 16.1. The van der Waals surface area contributed by atoms with Gasteiger partial charge in [0.15, 0.2) is 0 Å². The molecule has 1 amide bonds. The minimum Gasteiger partial charge on any atom is -0.379 e. The normalized spacial score (nSPS) is 11.8. The third kappa shape index (κ3) is 4.35. The number of hydrogen-bond acceptors (Lipinski definition) is 2. The molecule has 0 saturated heterocycles. The van der Waals surface area contributed by atoms with Crippen LogP contribution in [0.1, 0.15) is 37.4 Å². The van der Waals surface area contributed by atoms with Crippen molar-refractivity contribution in [3.63, 3.8) is 0 Å². The quantitative estimate of drug-likeness (QED) is 0.846. The summed E-state index contributed by atoms with van der Waals surface area (Å²) in [6, 6.07) is 16.5. The summed E-state index contributed by atoms with van der Waals surface area (Å²) in [6.45, 7) is 6.08. The zero-order valence-electron chi connectivity index (χ0n) is 12.8. The molecule has 0 heterocycles. The van der Waals surface area contributed by atoms with Gasteiger partial charge >= 0.3 is 0 Å². The fraction of sp³-hybridized carbons (Fsp3) is 0.278. The van der Waals surface area contributed by atoms with Crippen molar-refractivity contribution in [3.8, 4) is 0 Å². The predicted molar refractivity (Wildman–Crippen MR) is 88.6 cm³/mol. The maximum absolute atomic E-state index is 11.3. The number of rotatable bonds is 5. The summed E-state index contributed by atoms with van der Waals surface area (Å²) >= 11 is 0. The second-order valence-corrected chi connectivity index (χ2v) is 5.26. The van der Waals surface area contributed by atoms with Gasteiger partial charge in [-0.25, -0.2) is 0 Å². The highest BCUT2D eigenvalue weighted by molar-refractivity contribution is 5.90. The number of carbonyl (C=O) groups is 1. The van der Waals surface area contributed by atoms with E-state index in [0.29, 0.717) is 6.42 Å². The molecule has 0 aliphatic heterocycles. The van der Waals surface area contributed by atoms with E-state index in [2.05, 4.69) is 48.7 Å². The molecule has 21 heavy (non-hydrogen) atoms. The Morgan fingerprint density at radius 2 is 1.76 bits per heavy atom. The maximum atomic E-state index is 11.3. The van der Waals surface area contributed by atoms with Gasteiger partial charge in [0.25, 0.3) is 0 Å². The van der Waals surface area contributed by atoms with Crippen LogP contribution in [0.4, 0.5) is 11.4 Å². The van der Waals surface area contributed by atoms with Crippen LogP contribution in [-0.2, 0) is 4.79 Å². The monoisotopic (exact) mass is 282 g/mol. The number of amides is 1. The summed E-state index contributed by atoms with van der Waals surface area (Å²) in [7, 11) is 0. The van der Waals surface area contributed by atoms with Crippen LogP contribution < -0.4 is 10.6 Å². The van der Waals surface area contributed by atoms with Crippen molar-refractivity contribution in [3.05, 3.63) is 59.7 Å². The topological polar surface area (TPSA) is 41.1 Å². The minimum absolute atomic E-state index is 0.0313. The third-order valence-corrected chi connectivity index (χ3v) is 3.42. The van der Waals surface area contributed by atoms with Crippen molar-refractivity contribution in [2.24, 2.45) is 0 Å². The van der Waals surface area contributed by atoms with Crippen molar-refractivity contribution in [1.82, 2.24) is 0 Å². The Kier molecular flexibility index (Phi) is 4.99. The van der Waals surface area contributed by atoms with Gasteiger partial charge in [-0.1, -0.05) is 36.8 Å². The number of hydrogen-bond donors (Lipinski definition) is 2. The lowest BCUT2D eigenvalue weighted by Crippen LogP contribution is -2.10. The van der Waals surface area contributed by atoms with E-state index in [4.69, 9.17) is 0 Å². The first kappa shape index (κ1) is 15.1. The van der Waals surface area contributed by atoms with E-state index in [-0.39, 0.29) is 11.9 Å². The van der Waals surface area contributed by atoms with Crippen LogP contribution in [0.15, 0.2) is 48.5 Å². The fourth-order valence-electron chi connectivity index (χ4n) is 2.17. The first-order valence-corrected chi connectivity index (χ1v) is 7.31. The smallest absolute Gasteiger partial charge is 0.224 e. The van der Waals surface area contributed by atoms with Crippen LogP contribution in [0.25, 0.3) is 0 Å². The lowest BCUT2D eigenvalue weighted by molar-refractivity contribution is -0.115. The highest BCUT2D eigenvalue weighted by Gasteiger charge is 2.05. The van der Waals surface area contributed by atoms with Crippen LogP contribution in [0.5, 0.6) is 0 Å². The van der Waals surface area contributed by atoms with E-state index in [0.717, 1.165) is 11.4 Å². The van der Waals surface area contributed by atoms with Gasteiger partial charge in [-0.05, 0) is 43.7 Å². The fourth-order valence-corrected chi connectivity index (χ4v) is 2.17. The maximum Gasteiger partial charge on any atom is 0.224 e. The van der Waals surface area contributed by atoms with Gasteiger partial charge in [0.2, 0.25) is 5.91 Å². The molecule has 0 aliphatic rings. The summed E-state index contributed by atoms with van der Waals surface area (Å²) < 4.78 is 0. The molecule has 3 heteroatoms. The molecule has 3 nitrogen and oxygen atoms in total. The first-order chi connectivity index (χ1) is 10.1. The summed E-state index contributed by atoms with van der Waals surface area (Å²) in [6.07, 6.45) is 0.490. The molecule has 2 rings (SSSR count). The van der Waals surface area contributed by atoms with Gasteiger partial charge in [0.05, 0.1) is 0 Å². The number of nitrogens with one attached hydrogen (secondary N) is 2. The molecule has 2 N–H and O–H groups in total. The molecular weight excluding hydrogens is 260 g/mol. The van der Waals surface area contributed by atoms with E-state index in [1.807, 2.05) is 31.2 Å². The lowest BCUT2D eigenvalue weighted by atomic mass is 10.1. The molecule has 0 fully saturated rings. The average molecular weight is 282 g/mol. The second kappa shape index (κ2) is 6.93. The van der Waals surface area contributed by atoms with Gasteiger partial charge in [0.1, 0.15) is 0 Å². The Morgan fingerprint density at radius 3 is 2.38 bits per heavy atom. The van der Waals surface area contributed by atoms with E-state index in [1.165, 1.54) is 11.1 Å². The van der Waals surface area contributed by atoms with Crippen molar-refractivity contribution >= 4 is 17.3 Å². The van der Waals surface area contributed by atoms with Crippen LogP contribution in [0.3, 0.4) is 0 Å². The highest BCUT2D eigenvalue weighted by Crippen LogP contribution is 2.21. The van der Waals surface area contributed by atoms with Gasteiger partial charge in [-0.3, -0.25) is 4.79 Å². The number of aryl methyl sites for hydroxylation is 1. The molecule has 1 unspecified atom stereocenters. The zero-order chi connectivity index (χ0) is 15.2. The molecule has 0 aromatic heterocycles. The Labute approximate surface area is 126 Å². The Bertz CT molecular complexity index is 605. The first-order valence-electron chi connectivity index (χ1n) is 7.31. The molecule has 1 atom stereocenters. The standard InChI is InChI=1S/C18H22N2O/c1-4-18(21)20-17-10-8-16(9-11-17)19-14(3)15-7-5-6-13(2)12-15/h5-12,14,19H,4H2,1-3H3,(H,20,21). The molecule has 0 bridgehead atoms. The molecule has 0 saturated carbocycles. The van der Waals surface area contributed by atoms with Crippen molar-refractivity contribution in [2.75, 3.05) is 10.6 Å². The van der Waals surface area contributed by atoms with E-state index in [1.54, 1.807) is 0 Å². The number of anilines is 2. The van der Waals surface area contributed by atoms with Gasteiger partial charge in [-0.15, -0.1) is 0 Å². The summed E-state index contributed by atoms with van der Waals surface area (Å²) in [5.74, 6) is 0.0313. The van der Waals surface area contributed by atoms with Crippen molar-refractivity contribution in [2.45, 2.75) is 33.2 Å². The lowest BCUT2D eigenvalue weighted by Gasteiger charge is -2.16. The average Bonchev–Trinajstić information content (AvgIpc) is 2.49. The van der Waals surface area contributed by atoms with Crippen LogP contribution in [0, 0.1) is 6.92 Å². The summed E-state index contributed by atoms with van der Waals surface area (Å²) in [5.41, 5.74) is 4.39. The molecular formula is C18H22N2O. The van der Waals surface area contributed by atoms with Gasteiger partial charge < -0.3 is 10.6 Å². The summed E-state index contributed by atoms with van der Waals surface area (Å²) in [4.78, 5) is 11.3. The van der Waals surface area contributed by atoms with Crippen molar-refractivity contribution < 1.29 is 4.79 Å². The third-order valence-electron chi connectivity index (χ3n) is 3.42. The van der Waals surface area contributed by atoms with E-state index in [9.17, 15) is 4.79 Å². The molecule has 2 aromatic carbocycles. The van der Waals surface area contributed by atoms with E-state index >= 15 is 0 Å². The van der Waals surface area contributed by atoms with Gasteiger partial charge in [-0.2, -0.15) is 0 Å². The largest absolute Gasteiger partial charge is 0.379 e. The minimum atomic E-state index is 0.0313. The van der Waals surface area contributed by atoms with Crippen LogP contribution in [0.2, 0.25) is 0 Å². The number of carbonyl (C=O) groups excluding carboxylic acids is 1. The molecule has 110 valence electrons. The molecule has 0 radical (unpaired) electrons. The Balaban J connectivity index is 2.01. The van der Waals surface area contributed by atoms with Crippen LogP contribution in [-0.4, -0.2) is 5.91 Å². The summed E-state index contributed by atoms with van der Waals surface area (Å²) in [5, 5.41) is 6.31. The number of benzene rings is 2. The van der Waals surface area contributed by atoms with Gasteiger partial charge in [0, 0.05) is 23.8 Å². The second-order valence-electron chi connectivity index (χ2n) is 5.26. The zero-order valence-corrected chi connectivity index (χ0v) is 12.8. The van der Waals surface area contributed by atoms with Crippen LogP contribution >= 0.6 is 0 Å². The molecule has 0 aliphatic carbocycles. The Morgan fingerprint density at radius 1 is 1.10 bits per heavy atom. The molecule has 0 spiro atoms. The SMILES string of the molecule is CCC(=O)Nc1ccc(NC(C)c2cccc(C)c2)cc1. The predicted octanol–water partition coefficient (Wildman–Crippen LogP) is 4.52. The van der Waals surface area contributed by atoms with E-state index < -0.39 is 0 Å². The molecule has 2 aromatic rings. The van der Waals surface area contributed by atoms with Crippen molar-refractivity contribution in [1.29, 1.82) is 0 Å². The Hall–Kier alpha value is -2.29.